The van der Waals surface area contributed by atoms with Gasteiger partial charge in [0, 0.05) is 19.7 Å². The lowest BCUT2D eigenvalue weighted by Gasteiger charge is -2.61. The van der Waals surface area contributed by atoms with E-state index in [0.717, 1.165) is 37.8 Å². The Balaban J connectivity index is 1.38. The molecule has 2 atom stereocenters. The Kier molecular flexibility index (Phi) is 4.66. The van der Waals surface area contributed by atoms with Crippen molar-refractivity contribution in [1.29, 1.82) is 0 Å². The maximum atomic E-state index is 12.9. The molecule has 166 valence electrons. The third-order valence-corrected chi connectivity index (χ3v) is 8.01. The molecule has 0 aliphatic heterocycles. The first-order valence-corrected chi connectivity index (χ1v) is 11.2. The first kappa shape index (κ1) is 20.5. The standard InChI is InChI=1S/C21H27ClN6O3/c1-13-18(22)19(28(30)31)25-27(13)21-8-14-5-15(9-21)7-20(6-14,12-21)10-17(29)23-11-16-3-4-26(2)24-16/h3-4,14-15H,5-12H2,1-2H3,(H,23,29). The van der Waals surface area contributed by atoms with E-state index in [1.165, 1.54) is 6.42 Å². The Morgan fingerprint density at radius 1 is 1.32 bits per heavy atom. The molecule has 0 radical (unpaired) electrons. The average molecular weight is 447 g/mol. The highest BCUT2D eigenvalue weighted by Gasteiger charge is 2.60. The fraction of sp³-hybridized carbons (Fsp3) is 0.667. The van der Waals surface area contributed by atoms with Crippen LogP contribution in [0.3, 0.4) is 0 Å². The fourth-order valence-electron chi connectivity index (χ4n) is 7.05. The number of nitro groups is 1. The molecule has 10 heteroatoms. The Hall–Kier alpha value is -2.42. The molecule has 2 aromatic rings. The summed E-state index contributed by atoms with van der Waals surface area (Å²) in [6.07, 6.45) is 8.32. The van der Waals surface area contributed by atoms with Gasteiger partial charge in [0.2, 0.25) is 5.91 Å². The Morgan fingerprint density at radius 3 is 2.61 bits per heavy atom. The van der Waals surface area contributed by atoms with Gasteiger partial charge in [0.25, 0.3) is 0 Å². The van der Waals surface area contributed by atoms with Gasteiger partial charge in [0.1, 0.15) is 0 Å². The van der Waals surface area contributed by atoms with E-state index in [-0.39, 0.29) is 27.7 Å². The number of nitrogens with zero attached hydrogens (tertiary/aromatic N) is 5. The highest BCUT2D eigenvalue weighted by molar-refractivity contribution is 6.33. The Morgan fingerprint density at radius 2 is 2.03 bits per heavy atom. The molecular weight excluding hydrogens is 420 g/mol. The summed E-state index contributed by atoms with van der Waals surface area (Å²) in [5.41, 5.74) is 1.13. The van der Waals surface area contributed by atoms with E-state index >= 15 is 0 Å². The normalized spacial score (nSPS) is 31.2. The minimum Gasteiger partial charge on any atom is -0.358 e. The number of aryl methyl sites for hydroxylation is 1. The number of carbonyl (C=O) groups is 1. The quantitative estimate of drug-likeness (QED) is 0.539. The summed E-state index contributed by atoms with van der Waals surface area (Å²) in [7, 11) is 1.86. The van der Waals surface area contributed by atoms with Gasteiger partial charge in [-0.05, 0) is 73.7 Å². The van der Waals surface area contributed by atoms with E-state index < -0.39 is 4.92 Å². The molecule has 0 aromatic carbocycles. The van der Waals surface area contributed by atoms with Crippen molar-refractivity contribution < 1.29 is 9.72 Å². The van der Waals surface area contributed by atoms with E-state index in [9.17, 15) is 14.9 Å². The second-order valence-corrected chi connectivity index (χ2v) is 10.4. The lowest BCUT2D eigenvalue weighted by Crippen LogP contribution is -2.57. The molecular formula is C21H27ClN6O3. The van der Waals surface area contributed by atoms with Crippen molar-refractivity contribution in [3.8, 4) is 0 Å². The number of carbonyl (C=O) groups excluding carboxylic acids is 1. The van der Waals surface area contributed by atoms with Crippen LogP contribution in [0.25, 0.3) is 0 Å². The molecule has 1 amide bonds. The third kappa shape index (κ3) is 3.43. The van der Waals surface area contributed by atoms with Crippen LogP contribution in [0.4, 0.5) is 5.82 Å². The fourth-order valence-corrected chi connectivity index (χ4v) is 7.24. The second-order valence-electron chi connectivity index (χ2n) is 10.0. The smallest absolute Gasteiger partial charge is 0.358 e. The number of hydrogen-bond donors (Lipinski definition) is 1. The van der Waals surface area contributed by atoms with Crippen molar-refractivity contribution in [3.05, 3.63) is 38.8 Å². The molecule has 31 heavy (non-hydrogen) atoms. The van der Waals surface area contributed by atoms with Gasteiger partial charge in [-0.25, -0.2) is 0 Å². The predicted molar refractivity (Wildman–Crippen MR) is 113 cm³/mol. The summed E-state index contributed by atoms with van der Waals surface area (Å²) in [5.74, 6) is 0.818. The average Bonchev–Trinajstić information content (AvgIpc) is 3.22. The van der Waals surface area contributed by atoms with Crippen LogP contribution in [0.15, 0.2) is 12.3 Å². The Labute approximate surface area is 185 Å². The van der Waals surface area contributed by atoms with Crippen LogP contribution < -0.4 is 5.32 Å². The summed E-state index contributed by atoms with van der Waals surface area (Å²) in [6, 6.07) is 1.90. The number of aromatic nitrogens is 4. The summed E-state index contributed by atoms with van der Waals surface area (Å²) >= 11 is 6.27. The van der Waals surface area contributed by atoms with E-state index in [4.69, 9.17) is 11.6 Å². The van der Waals surface area contributed by atoms with Crippen LogP contribution in [0.5, 0.6) is 0 Å². The summed E-state index contributed by atoms with van der Waals surface area (Å²) < 4.78 is 3.56. The number of halogens is 1. The summed E-state index contributed by atoms with van der Waals surface area (Å²) in [5, 5.41) is 23.2. The van der Waals surface area contributed by atoms with Gasteiger partial charge in [0.05, 0.1) is 28.6 Å². The number of amides is 1. The van der Waals surface area contributed by atoms with Gasteiger partial charge in [-0.3, -0.25) is 9.48 Å². The second kappa shape index (κ2) is 7.05. The van der Waals surface area contributed by atoms with Crippen LogP contribution in [0, 0.1) is 34.3 Å². The van der Waals surface area contributed by atoms with Crippen molar-refractivity contribution in [1.82, 2.24) is 24.9 Å². The molecule has 4 aliphatic rings. The van der Waals surface area contributed by atoms with Gasteiger partial charge in [0.15, 0.2) is 5.02 Å². The number of rotatable bonds is 6. The van der Waals surface area contributed by atoms with Gasteiger partial charge in [-0.1, -0.05) is 11.6 Å². The van der Waals surface area contributed by atoms with E-state index in [2.05, 4.69) is 15.5 Å². The highest BCUT2D eigenvalue weighted by atomic mass is 35.5. The van der Waals surface area contributed by atoms with Crippen LogP contribution in [-0.2, 0) is 23.9 Å². The topological polar surface area (TPSA) is 108 Å². The molecule has 9 nitrogen and oxygen atoms in total. The molecule has 6 rings (SSSR count). The molecule has 4 fully saturated rings. The van der Waals surface area contributed by atoms with Crippen molar-refractivity contribution in [2.24, 2.45) is 24.3 Å². The largest absolute Gasteiger partial charge is 0.408 e. The molecule has 4 aliphatic carbocycles. The maximum absolute atomic E-state index is 12.9. The van der Waals surface area contributed by atoms with E-state index in [0.29, 0.717) is 30.5 Å². The van der Waals surface area contributed by atoms with Crippen molar-refractivity contribution in [2.45, 2.75) is 64.0 Å². The van der Waals surface area contributed by atoms with Crippen LogP contribution >= 0.6 is 11.6 Å². The van der Waals surface area contributed by atoms with Crippen molar-refractivity contribution >= 4 is 23.3 Å². The molecule has 4 bridgehead atoms. The van der Waals surface area contributed by atoms with Crippen LogP contribution in [0.1, 0.15) is 56.3 Å². The van der Waals surface area contributed by atoms with Gasteiger partial charge in [-0.15, -0.1) is 0 Å². The van der Waals surface area contributed by atoms with Gasteiger partial charge >= 0.3 is 5.82 Å². The summed E-state index contributed by atoms with van der Waals surface area (Å²) in [4.78, 5) is 23.8. The van der Waals surface area contributed by atoms with Crippen molar-refractivity contribution in [3.63, 3.8) is 0 Å². The molecule has 0 spiro atoms. The predicted octanol–water partition coefficient (Wildman–Crippen LogP) is 3.49. The monoisotopic (exact) mass is 446 g/mol. The molecule has 2 heterocycles. The first-order chi connectivity index (χ1) is 14.7. The van der Waals surface area contributed by atoms with Gasteiger partial charge < -0.3 is 15.4 Å². The minimum absolute atomic E-state index is 0.0453. The van der Waals surface area contributed by atoms with Crippen LogP contribution in [-0.4, -0.2) is 30.4 Å². The zero-order chi connectivity index (χ0) is 22.0. The lowest BCUT2D eigenvalue weighted by atomic mass is 9.46. The maximum Gasteiger partial charge on any atom is 0.408 e. The van der Waals surface area contributed by atoms with E-state index in [1.807, 2.05) is 30.9 Å². The highest BCUT2D eigenvalue weighted by Crippen LogP contribution is 2.65. The van der Waals surface area contributed by atoms with Gasteiger partial charge in [-0.2, -0.15) is 9.78 Å². The zero-order valence-corrected chi connectivity index (χ0v) is 18.6. The molecule has 2 unspecified atom stereocenters. The van der Waals surface area contributed by atoms with Crippen LogP contribution in [0.2, 0.25) is 5.02 Å². The molecule has 0 saturated heterocycles. The summed E-state index contributed by atoms with van der Waals surface area (Å²) in [6.45, 7) is 2.24. The lowest BCUT2D eigenvalue weighted by molar-refractivity contribution is -0.389. The molecule has 2 aromatic heterocycles. The van der Waals surface area contributed by atoms with Crippen molar-refractivity contribution in [2.75, 3.05) is 0 Å². The third-order valence-electron chi connectivity index (χ3n) is 7.57. The number of nitrogens with one attached hydrogen (secondary N) is 1. The minimum atomic E-state index is -0.507. The molecule has 1 N–H and O–H groups in total. The van der Waals surface area contributed by atoms with E-state index in [1.54, 1.807) is 4.68 Å². The zero-order valence-electron chi connectivity index (χ0n) is 17.8. The first-order valence-electron chi connectivity index (χ1n) is 10.8. The SMILES string of the molecule is Cc1c(Cl)c([N+](=O)[O-])nn1C12CC3CC(CC(CC(=O)NCc4ccn(C)n4)(C3)C1)C2. The number of hydrogen-bond acceptors (Lipinski definition) is 5. The Bertz CT molecular complexity index is 1050. The molecule has 4 saturated carbocycles.